The predicted molar refractivity (Wildman–Crippen MR) is 62.1 cm³/mol. The van der Waals surface area contributed by atoms with E-state index in [-0.39, 0.29) is 5.69 Å². The second-order valence-electron chi connectivity index (χ2n) is 3.75. The summed E-state index contributed by atoms with van der Waals surface area (Å²) in [6.07, 6.45) is 1.59. The molecule has 7 heteroatoms. The van der Waals surface area contributed by atoms with Gasteiger partial charge in [-0.3, -0.25) is 0 Å². The van der Waals surface area contributed by atoms with Gasteiger partial charge < -0.3 is 4.90 Å². The molecular weight excluding hydrogens is 218 g/mol. The van der Waals surface area contributed by atoms with Crippen LogP contribution in [-0.4, -0.2) is 45.1 Å². The molecule has 17 heavy (non-hydrogen) atoms. The Kier molecular flexibility index (Phi) is 2.70. The lowest BCUT2D eigenvalue weighted by Gasteiger charge is -2.03. The zero-order valence-electron chi connectivity index (χ0n) is 9.79. The standard InChI is InChI=1S/C10H11N7/c1-7-4-9-14-13-8(5-11)10(17(9)15-7)12-6-16(2)3/h4,6H,1-3H3/b12-6+. The van der Waals surface area contributed by atoms with Gasteiger partial charge in [-0.2, -0.15) is 14.9 Å². The van der Waals surface area contributed by atoms with E-state index in [0.717, 1.165) is 5.69 Å². The van der Waals surface area contributed by atoms with E-state index >= 15 is 0 Å². The van der Waals surface area contributed by atoms with E-state index in [0.29, 0.717) is 11.5 Å². The van der Waals surface area contributed by atoms with Crippen LogP contribution in [0, 0.1) is 18.3 Å². The van der Waals surface area contributed by atoms with E-state index in [2.05, 4.69) is 20.3 Å². The Bertz CT molecular complexity index is 617. The normalized spacial score (nSPS) is 10.9. The minimum absolute atomic E-state index is 0.152. The van der Waals surface area contributed by atoms with Gasteiger partial charge >= 0.3 is 0 Å². The smallest absolute Gasteiger partial charge is 0.207 e. The van der Waals surface area contributed by atoms with Crippen molar-refractivity contribution in [2.45, 2.75) is 6.92 Å². The van der Waals surface area contributed by atoms with Crippen LogP contribution in [-0.2, 0) is 0 Å². The molecule has 2 rings (SSSR count). The summed E-state index contributed by atoms with van der Waals surface area (Å²) in [6, 6.07) is 3.73. The Hall–Kier alpha value is -2.49. The third kappa shape index (κ3) is 2.06. The largest absolute Gasteiger partial charge is 0.369 e. The number of fused-ring (bicyclic) bond motifs is 1. The molecule has 0 aliphatic carbocycles. The van der Waals surface area contributed by atoms with Crippen LogP contribution in [0.5, 0.6) is 0 Å². The molecule has 0 unspecified atom stereocenters. The van der Waals surface area contributed by atoms with Crippen molar-refractivity contribution in [3.05, 3.63) is 17.5 Å². The fourth-order valence-corrected chi connectivity index (χ4v) is 1.32. The molecule has 0 spiro atoms. The van der Waals surface area contributed by atoms with E-state index in [9.17, 15) is 0 Å². The van der Waals surface area contributed by atoms with Crippen LogP contribution in [0.1, 0.15) is 11.4 Å². The summed E-state index contributed by atoms with van der Waals surface area (Å²) in [4.78, 5) is 5.96. The van der Waals surface area contributed by atoms with Crippen molar-refractivity contribution >= 4 is 17.8 Å². The van der Waals surface area contributed by atoms with Crippen molar-refractivity contribution in [2.75, 3.05) is 14.1 Å². The Morgan fingerprint density at radius 2 is 2.24 bits per heavy atom. The molecule has 86 valence electrons. The molecule has 0 aromatic carbocycles. The summed E-state index contributed by atoms with van der Waals surface area (Å²) in [7, 11) is 3.69. The van der Waals surface area contributed by atoms with Crippen molar-refractivity contribution in [1.82, 2.24) is 24.7 Å². The molecule has 0 saturated heterocycles. The second kappa shape index (κ2) is 4.17. The fraction of sp³-hybridized carbons (Fsp3) is 0.300. The average molecular weight is 229 g/mol. The van der Waals surface area contributed by atoms with Crippen molar-refractivity contribution < 1.29 is 0 Å². The van der Waals surface area contributed by atoms with Crippen LogP contribution in [0.15, 0.2) is 11.1 Å². The molecule has 0 amide bonds. The first kappa shape index (κ1) is 11.0. The van der Waals surface area contributed by atoms with Gasteiger partial charge in [-0.1, -0.05) is 0 Å². The van der Waals surface area contributed by atoms with E-state index in [1.54, 1.807) is 17.3 Å². The molecule has 2 aromatic rings. The first-order chi connectivity index (χ1) is 8.11. The predicted octanol–water partition coefficient (Wildman–Crippen LogP) is 0.526. The van der Waals surface area contributed by atoms with Gasteiger partial charge in [0.1, 0.15) is 6.07 Å². The highest BCUT2D eigenvalue weighted by Gasteiger charge is 2.10. The third-order valence-electron chi connectivity index (χ3n) is 1.99. The number of aryl methyl sites for hydroxylation is 1. The minimum atomic E-state index is 0.152. The van der Waals surface area contributed by atoms with Crippen molar-refractivity contribution in [2.24, 2.45) is 4.99 Å². The molecule has 0 saturated carbocycles. The summed E-state index contributed by atoms with van der Waals surface area (Å²) >= 11 is 0. The van der Waals surface area contributed by atoms with Crippen molar-refractivity contribution in [3.63, 3.8) is 0 Å². The van der Waals surface area contributed by atoms with Crippen molar-refractivity contribution in [3.8, 4) is 6.07 Å². The van der Waals surface area contributed by atoms with Gasteiger partial charge in [0.25, 0.3) is 0 Å². The van der Waals surface area contributed by atoms with E-state index < -0.39 is 0 Å². The van der Waals surface area contributed by atoms with Gasteiger partial charge in [-0.25, -0.2) is 4.99 Å². The maximum Gasteiger partial charge on any atom is 0.207 e. The molecule has 0 fully saturated rings. The van der Waals surface area contributed by atoms with Gasteiger partial charge in [0.05, 0.1) is 12.0 Å². The molecule has 7 nitrogen and oxygen atoms in total. The Labute approximate surface area is 98.0 Å². The third-order valence-corrected chi connectivity index (χ3v) is 1.99. The molecule has 2 aromatic heterocycles. The lowest BCUT2D eigenvalue weighted by Crippen LogP contribution is -2.08. The summed E-state index contributed by atoms with van der Waals surface area (Å²) in [5.74, 6) is 0.388. The van der Waals surface area contributed by atoms with Gasteiger partial charge in [-0.05, 0) is 6.92 Å². The van der Waals surface area contributed by atoms with Crippen LogP contribution in [0.4, 0.5) is 5.82 Å². The van der Waals surface area contributed by atoms with Gasteiger partial charge in [-0.15, -0.1) is 10.2 Å². The quantitative estimate of drug-likeness (QED) is 0.554. The molecule has 0 aliphatic rings. The number of nitrogens with zero attached hydrogens (tertiary/aromatic N) is 7. The molecule has 0 radical (unpaired) electrons. The Morgan fingerprint density at radius 1 is 1.47 bits per heavy atom. The minimum Gasteiger partial charge on any atom is -0.369 e. The zero-order chi connectivity index (χ0) is 12.4. The monoisotopic (exact) mass is 229 g/mol. The number of hydrogen-bond acceptors (Lipinski definition) is 5. The highest BCUT2D eigenvalue weighted by Crippen LogP contribution is 2.16. The summed E-state index contributed by atoms with van der Waals surface area (Å²) in [6.45, 7) is 1.85. The first-order valence-corrected chi connectivity index (χ1v) is 4.95. The molecule has 0 N–H and O–H groups in total. The second-order valence-corrected chi connectivity index (χ2v) is 3.75. The molecular formula is C10H11N7. The van der Waals surface area contributed by atoms with Crippen LogP contribution in [0.2, 0.25) is 0 Å². The zero-order valence-corrected chi connectivity index (χ0v) is 9.79. The van der Waals surface area contributed by atoms with Crippen LogP contribution in [0.3, 0.4) is 0 Å². The molecule has 2 heterocycles. The van der Waals surface area contributed by atoms with E-state index in [1.165, 1.54) is 4.52 Å². The van der Waals surface area contributed by atoms with Crippen LogP contribution < -0.4 is 0 Å². The number of nitriles is 1. The van der Waals surface area contributed by atoms with Crippen LogP contribution >= 0.6 is 0 Å². The highest BCUT2D eigenvalue weighted by molar-refractivity contribution is 5.62. The van der Waals surface area contributed by atoms with Gasteiger partial charge in [0, 0.05) is 20.2 Å². The lowest BCUT2D eigenvalue weighted by molar-refractivity contribution is 0.642. The first-order valence-electron chi connectivity index (χ1n) is 4.95. The molecule has 0 aliphatic heterocycles. The van der Waals surface area contributed by atoms with Crippen LogP contribution in [0.25, 0.3) is 5.65 Å². The van der Waals surface area contributed by atoms with E-state index in [4.69, 9.17) is 5.26 Å². The Morgan fingerprint density at radius 3 is 2.88 bits per heavy atom. The van der Waals surface area contributed by atoms with E-state index in [1.807, 2.05) is 27.1 Å². The summed E-state index contributed by atoms with van der Waals surface area (Å²) in [5.41, 5.74) is 1.53. The number of aliphatic imine (C=N–C) groups is 1. The highest BCUT2D eigenvalue weighted by atomic mass is 15.3. The number of rotatable bonds is 2. The SMILES string of the molecule is Cc1cc2nnc(C#N)c(/N=C/N(C)C)n2n1. The maximum absolute atomic E-state index is 8.97. The lowest BCUT2D eigenvalue weighted by atomic mass is 10.4. The summed E-state index contributed by atoms with van der Waals surface area (Å²) in [5, 5.41) is 20.9. The maximum atomic E-state index is 8.97. The van der Waals surface area contributed by atoms with Gasteiger partial charge in [0.15, 0.2) is 11.5 Å². The van der Waals surface area contributed by atoms with Crippen molar-refractivity contribution in [1.29, 1.82) is 5.26 Å². The topological polar surface area (TPSA) is 82.5 Å². The van der Waals surface area contributed by atoms with Gasteiger partial charge in [0.2, 0.25) is 5.69 Å². The average Bonchev–Trinajstić information content (AvgIpc) is 2.65. The number of aromatic nitrogens is 4. The fourth-order valence-electron chi connectivity index (χ4n) is 1.32. The Balaban J connectivity index is 2.67. The number of hydrogen-bond donors (Lipinski definition) is 0. The molecule has 0 atom stereocenters. The summed E-state index contributed by atoms with van der Waals surface area (Å²) < 4.78 is 1.51. The molecule has 0 bridgehead atoms.